The standard InChI is InChI=1S/C9H18O4.C3H8O2/c1-7(11-4)5-12-8(2)6-13-9(3)10;1-4-3-5-2/h7-8H,5-6H2,1-4H3;3H2,1-2H3. The van der Waals surface area contributed by atoms with Crippen LogP contribution in [0.5, 0.6) is 0 Å². The van der Waals surface area contributed by atoms with E-state index in [0.717, 1.165) is 0 Å². The van der Waals surface area contributed by atoms with E-state index in [0.29, 0.717) is 20.0 Å². The highest BCUT2D eigenvalue weighted by molar-refractivity contribution is 5.65. The molecule has 0 radical (unpaired) electrons. The third kappa shape index (κ3) is 17.7. The number of rotatable bonds is 8. The second-order valence-electron chi connectivity index (χ2n) is 3.69. The number of carbonyl (C=O) groups excluding carboxylic acids is 1. The van der Waals surface area contributed by atoms with Crippen molar-refractivity contribution >= 4 is 5.97 Å². The molecule has 0 spiro atoms. The molecule has 0 fully saturated rings. The molecule has 0 rings (SSSR count). The first kappa shape index (κ1) is 19.6. The van der Waals surface area contributed by atoms with E-state index in [9.17, 15) is 4.79 Å². The van der Waals surface area contributed by atoms with E-state index >= 15 is 0 Å². The summed E-state index contributed by atoms with van der Waals surface area (Å²) in [5.74, 6) is -0.282. The molecule has 18 heavy (non-hydrogen) atoms. The molecule has 0 amide bonds. The lowest BCUT2D eigenvalue weighted by Gasteiger charge is -2.15. The van der Waals surface area contributed by atoms with Gasteiger partial charge in [-0.25, -0.2) is 0 Å². The highest BCUT2D eigenvalue weighted by Crippen LogP contribution is 1.96. The van der Waals surface area contributed by atoms with Crippen LogP contribution in [0.2, 0.25) is 0 Å². The van der Waals surface area contributed by atoms with Crippen LogP contribution in [0.25, 0.3) is 0 Å². The van der Waals surface area contributed by atoms with Gasteiger partial charge in [0, 0.05) is 28.3 Å². The predicted octanol–water partition coefficient (Wildman–Crippen LogP) is 1.23. The first-order valence-electron chi connectivity index (χ1n) is 5.73. The van der Waals surface area contributed by atoms with Crippen molar-refractivity contribution in [3.8, 4) is 0 Å². The lowest BCUT2D eigenvalue weighted by atomic mass is 10.4. The van der Waals surface area contributed by atoms with E-state index in [1.807, 2.05) is 13.8 Å². The van der Waals surface area contributed by atoms with Gasteiger partial charge < -0.3 is 23.7 Å². The van der Waals surface area contributed by atoms with Crippen LogP contribution < -0.4 is 0 Å². The Labute approximate surface area is 109 Å². The largest absolute Gasteiger partial charge is 0.463 e. The molecule has 0 aliphatic rings. The SMILES string of the molecule is COC(C)COC(C)COC(C)=O.COCOC. The molecule has 0 bridgehead atoms. The van der Waals surface area contributed by atoms with Crippen LogP contribution in [0.15, 0.2) is 0 Å². The first-order chi connectivity index (χ1) is 8.47. The number of ether oxygens (including phenoxy) is 5. The van der Waals surface area contributed by atoms with Gasteiger partial charge in [-0.05, 0) is 13.8 Å². The van der Waals surface area contributed by atoms with Crippen molar-refractivity contribution < 1.29 is 28.5 Å². The van der Waals surface area contributed by atoms with Gasteiger partial charge in [0.25, 0.3) is 0 Å². The molecular weight excluding hydrogens is 240 g/mol. The number of carbonyl (C=O) groups is 1. The normalized spacial score (nSPS) is 13.2. The smallest absolute Gasteiger partial charge is 0.302 e. The van der Waals surface area contributed by atoms with Crippen LogP contribution in [0, 0.1) is 0 Å². The molecule has 0 N–H and O–H groups in total. The molecule has 6 nitrogen and oxygen atoms in total. The van der Waals surface area contributed by atoms with Crippen LogP contribution in [-0.2, 0) is 28.5 Å². The van der Waals surface area contributed by atoms with Gasteiger partial charge in [0.05, 0.1) is 18.8 Å². The van der Waals surface area contributed by atoms with Gasteiger partial charge in [-0.1, -0.05) is 0 Å². The summed E-state index contributed by atoms with van der Waals surface area (Å²) in [5, 5.41) is 0. The minimum atomic E-state index is -0.282. The van der Waals surface area contributed by atoms with E-state index in [-0.39, 0.29) is 18.2 Å². The fraction of sp³-hybridized carbons (Fsp3) is 0.917. The highest BCUT2D eigenvalue weighted by atomic mass is 16.6. The minimum Gasteiger partial charge on any atom is -0.463 e. The molecule has 0 heterocycles. The Balaban J connectivity index is 0. The van der Waals surface area contributed by atoms with Crippen molar-refractivity contribution in [2.45, 2.75) is 33.0 Å². The molecule has 0 aromatic heterocycles. The highest BCUT2D eigenvalue weighted by Gasteiger charge is 2.06. The average Bonchev–Trinajstić information content (AvgIpc) is 2.35. The van der Waals surface area contributed by atoms with Gasteiger partial charge in [0.1, 0.15) is 13.4 Å². The maximum absolute atomic E-state index is 10.4. The van der Waals surface area contributed by atoms with Crippen LogP contribution in [0.1, 0.15) is 20.8 Å². The number of esters is 1. The Bertz CT molecular complexity index is 183. The maximum atomic E-state index is 10.4. The summed E-state index contributed by atoms with van der Waals surface area (Å²) in [6, 6.07) is 0. The summed E-state index contributed by atoms with van der Waals surface area (Å²) in [6.07, 6.45) is -0.0127. The maximum Gasteiger partial charge on any atom is 0.302 e. The zero-order valence-corrected chi connectivity index (χ0v) is 12.2. The lowest BCUT2D eigenvalue weighted by Crippen LogP contribution is -2.23. The molecule has 0 aromatic carbocycles. The zero-order chi connectivity index (χ0) is 14.4. The molecule has 2 unspecified atom stereocenters. The van der Waals surface area contributed by atoms with Gasteiger partial charge in [-0.3, -0.25) is 4.79 Å². The summed E-state index contributed by atoms with van der Waals surface area (Å²) < 4.78 is 24.0. The number of hydrogen-bond acceptors (Lipinski definition) is 6. The molecule has 6 heteroatoms. The lowest BCUT2D eigenvalue weighted by molar-refractivity contribution is -0.145. The minimum absolute atomic E-state index is 0.0692. The van der Waals surface area contributed by atoms with Crippen LogP contribution >= 0.6 is 0 Å². The van der Waals surface area contributed by atoms with Gasteiger partial charge in [0.15, 0.2) is 0 Å². The van der Waals surface area contributed by atoms with E-state index in [1.165, 1.54) is 6.92 Å². The van der Waals surface area contributed by atoms with Crippen LogP contribution in [0.4, 0.5) is 0 Å². The third-order valence-electron chi connectivity index (χ3n) is 1.77. The van der Waals surface area contributed by atoms with Gasteiger partial charge >= 0.3 is 5.97 Å². The summed E-state index contributed by atoms with van der Waals surface area (Å²) in [6.45, 7) is 6.35. The number of hydrogen-bond donors (Lipinski definition) is 0. The second kappa shape index (κ2) is 14.4. The second-order valence-corrected chi connectivity index (χ2v) is 3.69. The zero-order valence-electron chi connectivity index (χ0n) is 12.2. The van der Waals surface area contributed by atoms with E-state index in [4.69, 9.17) is 14.2 Å². The summed E-state index contributed by atoms with van der Waals surface area (Å²) in [5.41, 5.74) is 0. The molecular formula is C12H26O6. The molecule has 2 atom stereocenters. The first-order valence-corrected chi connectivity index (χ1v) is 5.73. The van der Waals surface area contributed by atoms with Crippen molar-refractivity contribution in [2.75, 3.05) is 41.3 Å². The summed E-state index contributed by atoms with van der Waals surface area (Å²) in [4.78, 5) is 10.4. The van der Waals surface area contributed by atoms with E-state index < -0.39 is 0 Å². The Morgan fingerprint density at radius 1 is 1.00 bits per heavy atom. The Morgan fingerprint density at radius 2 is 1.56 bits per heavy atom. The van der Waals surface area contributed by atoms with Crippen LogP contribution in [-0.4, -0.2) is 59.5 Å². The predicted molar refractivity (Wildman–Crippen MR) is 67.4 cm³/mol. The number of methoxy groups -OCH3 is 3. The average molecular weight is 266 g/mol. The summed E-state index contributed by atoms with van der Waals surface area (Å²) in [7, 11) is 4.80. The van der Waals surface area contributed by atoms with Crippen molar-refractivity contribution in [1.82, 2.24) is 0 Å². The van der Waals surface area contributed by atoms with Gasteiger partial charge in [-0.2, -0.15) is 0 Å². The van der Waals surface area contributed by atoms with Crippen molar-refractivity contribution in [1.29, 1.82) is 0 Å². The molecule has 0 aliphatic carbocycles. The Morgan fingerprint density at radius 3 is 1.89 bits per heavy atom. The fourth-order valence-corrected chi connectivity index (χ4v) is 0.768. The Kier molecular flexibility index (Phi) is 15.7. The monoisotopic (exact) mass is 266 g/mol. The van der Waals surface area contributed by atoms with Crippen LogP contribution in [0.3, 0.4) is 0 Å². The molecule has 110 valence electrons. The topological polar surface area (TPSA) is 63.2 Å². The van der Waals surface area contributed by atoms with Crippen molar-refractivity contribution in [3.63, 3.8) is 0 Å². The quantitative estimate of drug-likeness (QED) is 0.486. The summed E-state index contributed by atoms with van der Waals surface area (Å²) >= 11 is 0. The van der Waals surface area contributed by atoms with Gasteiger partial charge in [0.2, 0.25) is 0 Å². The fourth-order valence-electron chi connectivity index (χ4n) is 0.768. The molecule has 0 saturated carbocycles. The van der Waals surface area contributed by atoms with Crippen molar-refractivity contribution in [3.05, 3.63) is 0 Å². The molecule has 0 saturated heterocycles. The van der Waals surface area contributed by atoms with E-state index in [2.05, 4.69) is 9.47 Å². The Hall–Kier alpha value is -0.690. The molecule has 0 aliphatic heterocycles. The van der Waals surface area contributed by atoms with Gasteiger partial charge in [-0.15, -0.1) is 0 Å². The van der Waals surface area contributed by atoms with E-state index in [1.54, 1.807) is 21.3 Å². The molecule has 0 aromatic rings. The van der Waals surface area contributed by atoms with Crippen molar-refractivity contribution in [2.24, 2.45) is 0 Å². The third-order valence-corrected chi connectivity index (χ3v) is 1.77.